The van der Waals surface area contributed by atoms with Gasteiger partial charge in [0.15, 0.2) is 0 Å². The summed E-state index contributed by atoms with van der Waals surface area (Å²) in [6.07, 6.45) is 1.67. The van der Waals surface area contributed by atoms with Gasteiger partial charge in [-0.05, 0) is 111 Å². The number of hydrogen-bond acceptors (Lipinski definition) is 5. The molecule has 10 heteroatoms. The summed E-state index contributed by atoms with van der Waals surface area (Å²) in [5.74, 6) is -0.162. The van der Waals surface area contributed by atoms with E-state index in [1.54, 1.807) is 30.3 Å². The molecule has 0 aromatic heterocycles. The van der Waals surface area contributed by atoms with E-state index in [9.17, 15) is 14.4 Å². The number of rotatable bonds is 7. The SMILES string of the molecule is O=C(CN1C(=O)S/C(=C/c2cc(I)c(OCc3ccccc3)c(I)c2)C1=O)Nc1ccc(Br)cc1. The number of carbonyl (C=O) groups is 3. The smallest absolute Gasteiger partial charge is 0.294 e. The molecule has 3 aromatic carbocycles. The molecule has 0 aliphatic carbocycles. The highest BCUT2D eigenvalue weighted by atomic mass is 127. The molecule has 1 aliphatic heterocycles. The molecule has 4 rings (SSSR count). The molecule has 0 saturated carbocycles. The van der Waals surface area contributed by atoms with E-state index in [0.717, 1.165) is 45.2 Å². The van der Waals surface area contributed by atoms with Crippen molar-refractivity contribution >= 4 is 102 Å². The highest BCUT2D eigenvalue weighted by molar-refractivity contribution is 14.1. The Morgan fingerprint density at radius 3 is 2.34 bits per heavy atom. The van der Waals surface area contributed by atoms with E-state index < -0.39 is 17.1 Å². The molecule has 1 aliphatic rings. The van der Waals surface area contributed by atoms with Gasteiger partial charge >= 0.3 is 0 Å². The molecular weight excluding hydrogens is 758 g/mol. The van der Waals surface area contributed by atoms with E-state index in [0.29, 0.717) is 12.3 Å². The molecule has 1 heterocycles. The van der Waals surface area contributed by atoms with Crippen LogP contribution >= 0.6 is 72.9 Å². The summed E-state index contributed by atoms with van der Waals surface area (Å²) in [5, 5.41) is 2.22. The standard InChI is InChI=1S/C25H17BrI2N2O4S/c26-17-6-8-18(9-7-17)29-22(31)13-30-24(32)21(35-25(30)33)12-16-10-19(27)23(20(28)11-16)34-14-15-4-2-1-3-5-15/h1-12H,13-14H2,(H,29,31)/b21-12+. The molecule has 0 spiro atoms. The lowest BCUT2D eigenvalue weighted by molar-refractivity contribution is -0.127. The van der Waals surface area contributed by atoms with Crippen LogP contribution in [0.15, 0.2) is 76.1 Å². The highest BCUT2D eigenvalue weighted by Crippen LogP contribution is 2.35. The monoisotopic (exact) mass is 774 g/mol. The first kappa shape index (κ1) is 26.2. The molecular formula is C25H17BrI2N2O4S. The molecule has 1 N–H and O–H groups in total. The predicted octanol–water partition coefficient (Wildman–Crippen LogP) is 6.91. The zero-order chi connectivity index (χ0) is 24.9. The second-order valence-electron chi connectivity index (χ2n) is 7.41. The van der Waals surface area contributed by atoms with Crippen LogP contribution in [0.5, 0.6) is 5.75 Å². The van der Waals surface area contributed by atoms with Gasteiger partial charge < -0.3 is 10.1 Å². The van der Waals surface area contributed by atoms with Gasteiger partial charge in [0.2, 0.25) is 5.91 Å². The second kappa shape index (κ2) is 11.9. The van der Waals surface area contributed by atoms with Crippen molar-refractivity contribution < 1.29 is 19.1 Å². The Labute approximate surface area is 242 Å². The maximum Gasteiger partial charge on any atom is 0.294 e. The Hall–Kier alpha value is -1.90. The van der Waals surface area contributed by atoms with Crippen LogP contribution in [0.25, 0.3) is 6.08 Å². The minimum Gasteiger partial charge on any atom is -0.487 e. The Morgan fingerprint density at radius 2 is 1.69 bits per heavy atom. The minimum absolute atomic E-state index is 0.274. The van der Waals surface area contributed by atoms with Crippen molar-refractivity contribution in [3.8, 4) is 5.75 Å². The fourth-order valence-corrected chi connectivity index (χ4v) is 6.43. The van der Waals surface area contributed by atoms with Gasteiger partial charge in [-0.1, -0.05) is 46.3 Å². The molecule has 0 atom stereocenters. The number of halogens is 3. The average Bonchev–Trinajstić information content (AvgIpc) is 3.08. The largest absolute Gasteiger partial charge is 0.487 e. The number of anilines is 1. The lowest BCUT2D eigenvalue weighted by atomic mass is 10.2. The topological polar surface area (TPSA) is 75.7 Å². The third-order valence-electron chi connectivity index (χ3n) is 4.85. The number of nitrogens with one attached hydrogen (secondary N) is 1. The van der Waals surface area contributed by atoms with E-state index in [1.807, 2.05) is 42.5 Å². The number of imide groups is 1. The highest BCUT2D eigenvalue weighted by Gasteiger charge is 2.36. The van der Waals surface area contributed by atoms with Gasteiger partial charge in [-0.15, -0.1) is 0 Å². The lowest BCUT2D eigenvalue weighted by Crippen LogP contribution is -2.36. The molecule has 3 amide bonds. The first-order chi connectivity index (χ1) is 16.8. The number of hydrogen-bond donors (Lipinski definition) is 1. The van der Waals surface area contributed by atoms with Gasteiger partial charge in [0.1, 0.15) is 18.9 Å². The molecule has 3 aromatic rings. The Kier molecular flexibility index (Phi) is 8.89. The Morgan fingerprint density at radius 1 is 1.03 bits per heavy atom. The number of carbonyl (C=O) groups excluding carboxylic acids is 3. The first-order valence-electron chi connectivity index (χ1n) is 10.3. The summed E-state index contributed by atoms with van der Waals surface area (Å²) in [6.45, 7) is 0.104. The van der Waals surface area contributed by atoms with Crippen LogP contribution in [-0.2, 0) is 16.2 Å². The van der Waals surface area contributed by atoms with E-state index >= 15 is 0 Å². The quantitative estimate of drug-likeness (QED) is 0.209. The van der Waals surface area contributed by atoms with Gasteiger partial charge in [-0.3, -0.25) is 19.3 Å². The summed E-state index contributed by atoms with van der Waals surface area (Å²) in [4.78, 5) is 38.9. The zero-order valence-corrected chi connectivity index (χ0v) is 24.7. The van der Waals surface area contributed by atoms with Crippen molar-refractivity contribution in [3.05, 3.63) is 94.4 Å². The molecule has 0 bridgehead atoms. The van der Waals surface area contributed by atoms with E-state index in [4.69, 9.17) is 4.74 Å². The molecule has 178 valence electrons. The van der Waals surface area contributed by atoms with Crippen LogP contribution in [0.3, 0.4) is 0 Å². The number of thioether (sulfide) groups is 1. The lowest BCUT2D eigenvalue weighted by Gasteiger charge is -2.13. The zero-order valence-electron chi connectivity index (χ0n) is 18.0. The fraction of sp³-hybridized carbons (Fsp3) is 0.0800. The third-order valence-corrected chi connectivity index (χ3v) is 7.89. The Bertz CT molecular complexity index is 1290. The van der Waals surface area contributed by atoms with Crippen molar-refractivity contribution in [2.45, 2.75) is 6.61 Å². The number of nitrogens with zero attached hydrogens (tertiary/aromatic N) is 1. The fourth-order valence-electron chi connectivity index (χ4n) is 3.20. The van der Waals surface area contributed by atoms with Crippen molar-refractivity contribution in [1.29, 1.82) is 0 Å². The van der Waals surface area contributed by atoms with Crippen LogP contribution in [0.2, 0.25) is 0 Å². The van der Waals surface area contributed by atoms with Crippen molar-refractivity contribution in [3.63, 3.8) is 0 Å². The normalized spacial score (nSPS) is 14.5. The van der Waals surface area contributed by atoms with Gasteiger partial charge in [0.05, 0.1) is 12.0 Å². The van der Waals surface area contributed by atoms with Crippen molar-refractivity contribution in [1.82, 2.24) is 4.90 Å². The van der Waals surface area contributed by atoms with Crippen LogP contribution in [0, 0.1) is 7.14 Å². The molecule has 1 fully saturated rings. The molecule has 6 nitrogen and oxygen atoms in total. The number of amides is 3. The van der Waals surface area contributed by atoms with Gasteiger partial charge in [0.25, 0.3) is 11.1 Å². The van der Waals surface area contributed by atoms with Crippen molar-refractivity contribution in [2.75, 3.05) is 11.9 Å². The maximum atomic E-state index is 12.9. The van der Waals surface area contributed by atoms with Gasteiger partial charge in [-0.25, -0.2) is 0 Å². The summed E-state index contributed by atoms with van der Waals surface area (Å²) < 4.78 is 8.68. The van der Waals surface area contributed by atoms with Crippen LogP contribution < -0.4 is 10.1 Å². The summed E-state index contributed by atoms with van der Waals surface area (Å²) >= 11 is 8.56. The maximum absolute atomic E-state index is 12.9. The first-order valence-corrected chi connectivity index (χ1v) is 14.0. The summed E-state index contributed by atoms with van der Waals surface area (Å²) in [5.41, 5.74) is 2.43. The minimum atomic E-state index is -0.486. The van der Waals surface area contributed by atoms with Gasteiger partial charge in [-0.2, -0.15) is 0 Å². The Balaban J connectivity index is 1.43. The van der Waals surface area contributed by atoms with Crippen LogP contribution in [0.4, 0.5) is 10.5 Å². The molecule has 1 saturated heterocycles. The average molecular weight is 775 g/mol. The summed E-state index contributed by atoms with van der Waals surface area (Å²) in [6, 6.07) is 20.7. The van der Waals surface area contributed by atoms with E-state index in [2.05, 4.69) is 66.4 Å². The predicted molar refractivity (Wildman–Crippen MR) is 158 cm³/mol. The van der Waals surface area contributed by atoms with Gasteiger partial charge in [0, 0.05) is 10.2 Å². The number of ether oxygens (including phenoxy) is 1. The third kappa shape index (κ3) is 6.86. The summed E-state index contributed by atoms with van der Waals surface area (Å²) in [7, 11) is 0. The second-order valence-corrected chi connectivity index (χ2v) is 11.6. The molecule has 0 radical (unpaired) electrons. The van der Waals surface area contributed by atoms with Crippen LogP contribution in [-0.4, -0.2) is 28.5 Å². The number of benzene rings is 3. The molecule has 35 heavy (non-hydrogen) atoms. The van der Waals surface area contributed by atoms with E-state index in [-0.39, 0.29) is 11.4 Å². The molecule has 0 unspecified atom stereocenters. The van der Waals surface area contributed by atoms with E-state index in [1.165, 1.54) is 0 Å². The van der Waals surface area contributed by atoms with Crippen LogP contribution in [0.1, 0.15) is 11.1 Å². The van der Waals surface area contributed by atoms with Crippen molar-refractivity contribution in [2.24, 2.45) is 0 Å².